The second kappa shape index (κ2) is 8.21. The van der Waals surface area contributed by atoms with E-state index in [1.807, 2.05) is 33.8 Å². The van der Waals surface area contributed by atoms with E-state index in [9.17, 15) is 9.59 Å². The number of alkyl carbamates (subject to hydrolysis) is 1. The van der Waals surface area contributed by atoms with Gasteiger partial charge in [0.1, 0.15) is 5.60 Å². The van der Waals surface area contributed by atoms with Crippen LogP contribution in [0.25, 0.3) is 0 Å². The molecule has 6 heteroatoms. The van der Waals surface area contributed by atoms with Crippen LogP contribution in [0.4, 0.5) is 4.79 Å². The minimum Gasteiger partial charge on any atom is -0.444 e. The van der Waals surface area contributed by atoms with Crippen molar-refractivity contribution in [3.8, 4) is 0 Å². The first-order valence-electron chi connectivity index (χ1n) is 8.98. The Balaban J connectivity index is 1.78. The molecule has 1 saturated carbocycles. The predicted molar refractivity (Wildman–Crippen MR) is 101 cm³/mol. The summed E-state index contributed by atoms with van der Waals surface area (Å²) in [7, 11) is 0. The van der Waals surface area contributed by atoms with Gasteiger partial charge in [0.15, 0.2) is 0 Å². The van der Waals surface area contributed by atoms with Crippen molar-refractivity contribution in [2.45, 2.75) is 70.9 Å². The van der Waals surface area contributed by atoms with Crippen LogP contribution in [0.1, 0.15) is 58.3 Å². The van der Waals surface area contributed by atoms with Gasteiger partial charge in [-0.2, -0.15) is 0 Å². The van der Waals surface area contributed by atoms with Gasteiger partial charge in [-0.15, -0.1) is 11.3 Å². The summed E-state index contributed by atoms with van der Waals surface area (Å²) < 4.78 is 5.28. The van der Waals surface area contributed by atoms with E-state index in [1.54, 1.807) is 11.3 Å². The fraction of sp³-hybridized carbons (Fsp3) is 0.684. The highest BCUT2D eigenvalue weighted by molar-refractivity contribution is 7.09. The Bertz CT molecular complexity index is 576. The van der Waals surface area contributed by atoms with Crippen LogP contribution >= 0.6 is 11.3 Å². The zero-order valence-corrected chi connectivity index (χ0v) is 16.5. The van der Waals surface area contributed by atoms with Crippen molar-refractivity contribution in [1.82, 2.24) is 10.6 Å². The predicted octanol–water partition coefficient (Wildman–Crippen LogP) is 3.88. The number of carbonyl (C=O) groups excluding carboxylic acids is 2. The van der Waals surface area contributed by atoms with Crippen LogP contribution in [0, 0.1) is 5.92 Å². The number of hydrogen-bond acceptors (Lipinski definition) is 4. The van der Waals surface area contributed by atoms with Crippen LogP contribution in [-0.2, 0) is 16.0 Å². The molecule has 1 aromatic rings. The summed E-state index contributed by atoms with van der Waals surface area (Å²) in [5, 5.41) is 8.02. The fourth-order valence-corrected chi connectivity index (χ4v) is 3.59. The molecule has 1 aliphatic carbocycles. The van der Waals surface area contributed by atoms with Gasteiger partial charge in [-0.3, -0.25) is 4.79 Å². The van der Waals surface area contributed by atoms with Crippen molar-refractivity contribution < 1.29 is 14.3 Å². The minimum atomic E-state index is -0.523. The molecule has 1 unspecified atom stereocenters. The van der Waals surface area contributed by atoms with Crippen molar-refractivity contribution in [2.75, 3.05) is 6.54 Å². The van der Waals surface area contributed by atoms with Gasteiger partial charge in [-0.1, -0.05) is 6.07 Å². The fourth-order valence-electron chi connectivity index (χ4n) is 2.84. The standard InChI is InChI=1S/C19H30N2O3S/c1-18(2,3)24-17(23)20-13-19(4,14-10-11-14)21-16(22)9-5-7-15-8-6-12-25-15/h6,8,12,14H,5,7,9-11,13H2,1-4H3,(H,20,23)(H,21,22). The lowest BCUT2D eigenvalue weighted by molar-refractivity contribution is -0.123. The Labute approximate surface area is 154 Å². The third kappa shape index (κ3) is 7.06. The van der Waals surface area contributed by atoms with E-state index in [2.05, 4.69) is 22.1 Å². The van der Waals surface area contributed by atoms with E-state index in [1.165, 1.54) is 4.88 Å². The molecule has 0 aliphatic heterocycles. The Morgan fingerprint density at radius 3 is 2.56 bits per heavy atom. The summed E-state index contributed by atoms with van der Waals surface area (Å²) in [4.78, 5) is 25.5. The molecule has 2 N–H and O–H groups in total. The molecule has 2 amide bonds. The number of aryl methyl sites for hydroxylation is 1. The smallest absolute Gasteiger partial charge is 0.407 e. The Morgan fingerprint density at radius 1 is 1.28 bits per heavy atom. The van der Waals surface area contributed by atoms with Crippen LogP contribution in [0.15, 0.2) is 17.5 Å². The number of nitrogens with one attached hydrogen (secondary N) is 2. The number of carbonyl (C=O) groups is 2. The van der Waals surface area contributed by atoms with Crippen molar-refractivity contribution in [2.24, 2.45) is 5.92 Å². The molecule has 0 saturated heterocycles. The molecule has 1 aromatic heterocycles. The molecular formula is C19H30N2O3S. The normalized spacial score (nSPS) is 16.8. The van der Waals surface area contributed by atoms with Gasteiger partial charge in [0, 0.05) is 17.8 Å². The number of amides is 2. The van der Waals surface area contributed by atoms with Crippen LogP contribution in [0.5, 0.6) is 0 Å². The highest BCUT2D eigenvalue weighted by atomic mass is 32.1. The summed E-state index contributed by atoms with van der Waals surface area (Å²) >= 11 is 1.73. The van der Waals surface area contributed by atoms with Gasteiger partial charge in [0.05, 0.1) is 5.54 Å². The first-order valence-corrected chi connectivity index (χ1v) is 9.86. The van der Waals surface area contributed by atoms with Crippen molar-refractivity contribution in [3.05, 3.63) is 22.4 Å². The Kier molecular flexibility index (Phi) is 6.49. The molecule has 2 rings (SSSR count). The van der Waals surface area contributed by atoms with Gasteiger partial charge >= 0.3 is 6.09 Å². The zero-order valence-electron chi connectivity index (χ0n) is 15.7. The number of hydrogen-bond donors (Lipinski definition) is 2. The summed E-state index contributed by atoms with van der Waals surface area (Å²) in [6.45, 7) is 7.91. The Hall–Kier alpha value is -1.56. The summed E-state index contributed by atoms with van der Waals surface area (Å²) in [5.41, 5.74) is -0.929. The molecule has 1 heterocycles. The van der Waals surface area contributed by atoms with E-state index in [4.69, 9.17) is 4.74 Å². The summed E-state index contributed by atoms with van der Waals surface area (Å²) in [6.07, 6.45) is 4.01. The molecule has 140 valence electrons. The lowest BCUT2D eigenvalue weighted by Crippen LogP contribution is -2.55. The van der Waals surface area contributed by atoms with E-state index in [0.717, 1.165) is 25.7 Å². The molecular weight excluding hydrogens is 336 g/mol. The zero-order chi connectivity index (χ0) is 18.5. The Morgan fingerprint density at radius 2 is 2.00 bits per heavy atom. The van der Waals surface area contributed by atoms with Crippen LogP contribution < -0.4 is 10.6 Å². The molecule has 1 fully saturated rings. The van der Waals surface area contributed by atoms with Crippen molar-refractivity contribution in [3.63, 3.8) is 0 Å². The van der Waals surface area contributed by atoms with Gasteiger partial charge in [0.2, 0.25) is 5.91 Å². The second-order valence-electron chi connectivity index (χ2n) is 8.03. The third-order valence-corrected chi connectivity index (χ3v) is 5.25. The molecule has 0 radical (unpaired) electrons. The quantitative estimate of drug-likeness (QED) is 0.734. The van der Waals surface area contributed by atoms with E-state index < -0.39 is 17.2 Å². The van der Waals surface area contributed by atoms with E-state index in [-0.39, 0.29) is 5.91 Å². The highest BCUT2D eigenvalue weighted by Crippen LogP contribution is 2.39. The molecule has 1 atom stereocenters. The highest BCUT2D eigenvalue weighted by Gasteiger charge is 2.42. The van der Waals surface area contributed by atoms with Crippen molar-refractivity contribution in [1.29, 1.82) is 0 Å². The topological polar surface area (TPSA) is 67.4 Å². The maximum Gasteiger partial charge on any atom is 0.407 e. The van der Waals surface area contributed by atoms with Crippen LogP contribution in [-0.4, -0.2) is 29.7 Å². The third-order valence-electron chi connectivity index (χ3n) is 4.31. The molecule has 0 aromatic carbocycles. The van der Waals surface area contributed by atoms with Gasteiger partial charge in [0.25, 0.3) is 0 Å². The maximum absolute atomic E-state index is 12.3. The largest absolute Gasteiger partial charge is 0.444 e. The number of thiophene rings is 1. The summed E-state index contributed by atoms with van der Waals surface area (Å²) in [5.74, 6) is 0.473. The number of rotatable bonds is 8. The van der Waals surface area contributed by atoms with Gasteiger partial charge < -0.3 is 15.4 Å². The molecule has 0 bridgehead atoms. The lowest BCUT2D eigenvalue weighted by Gasteiger charge is -2.32. The van der Waals surface area contributed by atoms with Crippen LogP contribution in [0.2, 0.25) is 0 Å². The summed E-state index contributed by atoms with van der Waals surface area (Å²) in [6, 6.07) is 4.13. The second-order valence-corrected chi connectivity index (χ2v) is 9.06. The monoisotopic (exact) mass is 366 g/mol. The lowest BCUT2D eigenvalue weighted by atomic mass is 9.95. The first-order chi connectivity index (χ1) is 11.7. The molecule has 25 heavy (non-hydrogen) atoms. The minimum absolute atomic E-state index is 0.0527. The van der Waals surface area contributed by atoms with E-state index in [0.29, 0.717) is 18.9 Å². The average Bonchev–Trinajstić information content (AvgIpc) is 3.23. The first kappa shape index (κ1) is 19.8. The van der Waals surface area contributed by atoms with Gasteiger partial charge in [-0.25, -0.2) is 4.79 Å². The SMILES string of the molecule is CC(C)(C)OC(=O)NCC(C)(NC(=O)CCCc1cccs1)C1CC1. The van der Waals surface area contributed by atoms with E-state index >= 15 is 0 Å². The molecule has 1 aliphatic rings. The average molecular weight is 367 g/mol. The molecule has 0 spiro atoms. The van der Waals surface area contributed by atoms with Crippen LogP contribution in [0.3, 0.4) is 0 Å². The number of ether oxygens (including phenoxy) is 1. The maximum atomic E-state index is 12.3. The van der Waals surface area contributed by atoms with Crippen molar-refractivity contribution >= 4 is 23.3 Å². The van der Waals surface area contributed by atoms with Gasteiger partial charge in [-0.05, 0) is 70.7 Å². The molecule has 5 nitrogen and oxygen atoms in total.